The number of benzene rings is 1. The van der Waals surface area contributed by atoms with E-state index in [0.29, 0.717) is 35.0 Å². The molecule has 0 atom stereocenters. The summed E-state index contributed by atoms with van der Waals surface area (Å²) in [6.45, 7) is 11.4. The van der Waals surface area contributed by atoms with E-state index in [1.54, 1.807) is 48.7 Å². The topological polar surface area (TPSA) is 164 Å². The molecule has 0 saturated carbocycles. The van der Waals surface area contributed by atoms with Crippen molar-refractivity contribution in [3.63, 3.8) is 0 Å². The molecule has 1 fully saturated rings. The predicted octanol–water partition coefficient (Wildman–Crippen LogP) is 4.17. The van der Waals surface area contributed by atoms with Gasteiger partial charge in [0.2, 0.25) is 5.91 Å². The summed E-state index contributed by atoms with van der Waals surface area (Å²) in [5, 5.41) is 9.50. The number of rotatable bonds is 8. The molecule has 4 rings (SSSR count). The van der Waals surface area contributed by atoms with E-state index in [4.69, 9.17) is 13.8 Å². The standard InChI is InChI=1S/C28H35N5O4.CH4O3S/c1-5-33-14-12-21(13-15-33)36-22-10-11-23(29-18-22)27(35)30-20-8-6-19(7-9-20)16-26(34)31-25-17-24(37-32-25)28(2,3)4;1-5(2,3)4/h6-11,17-18,21H,5,12-16H2,1-4H3,(H,30,35)(H,31,32,34);1H3,(H,2,3,4). The molecule has 0 spiro atoms. The van der Waals surface area contributed by atoms with E-state index in [-0.39, 0.29) is 29.8 Å². The first kappa shape index (κ1) is 32.7. The first-order valence-corrected chi connectivity index (χ1v) is 15.5. The molecule has 42 heavy (non-hydrogen) atoms. The number of likely N-dealkylation sites (tertiary alicyclic amines) is 1. The van der Waals surface area contributed by atoms with E-state index < -0.39 is 10.1 Å². The Hall–Kier alpha value is -3.81. The average molecular weight is 602 g/mol. The third-order valence-electron chi connectivity index (χ3n) is 6.35. The quantitative estimate of drug-likeness (QED) is 0.319. The van der Waals surface area contributed by atoms with Crippen molar-refractivity contribution < 1.29 is 31.8 Å². The van der Waals surface area contributed by atoms with Gasteiger partial charge < -0.3 is 24.8 Å². The molecule has 3 N–H and O–H groups in total. The number of hydrogen-bond donors (Lipinski definition) is 3. The number of hydrogen-bond acceptors (Lipinski definition) is 9. The first-order valence-electron chi connectivity index (χ1n) is 13.6. The Kier molecular flexibility index (Phi) is 11.2. The average Bonchev–Trinajstić information content (AvgIpc) is 3.39. The maximum atomic E-state index is 12.6. The van der Waals surface area contributed by atoms with Gasteiger partial charge in [0.05, 0.1) is 18.9 Å². The van der Waals surface area contributed by atoms with Crippen LogP contribution in [0.1, 0.15) is 62.3 Å². The van der Waals surface area contributed by atoms with Crippen molar-refractivity contribution in [1.82, 2.24) is 15.0 Å². The molecule has 0 radical (unpaired) electrons. The zero-order valence-corrected chi connectivity index (χ0v) is 25.4. The van der Waals surface area contributed by atoms with Gasteiger partial charge in [0, 0.05) is 30.3 Å². The van der Waals surface area contributed by atoms with E-state index in [1.165, 1.54) is 0 Å². The van der Waals surface area contributed by atoms with Gasteiger partial charge in [-0.05, 0) is 49.2 Å². The van der Waals surface area contributed by atoms with Crippen LogP contribution in [0.25, 0.3) is 0 Å². The molecule has 12 nitrogen and oxygen atoms in total. The Morgan fingerprint density at radius 2 is 1.74 bits per heavy atom. The van der Waals surface area contributed by atoms with E-state index in [1.807, 2.05) is 20.8 Å². The van der Waals surface area contributed by atoms with Crippen LogP contribution in [0, 0.1) is 0 Å². The van der Waals surface area contributed by atoms with E-state index in [0.717, 1.165) is 38.0 Å². The molecule has 2 aromatic heterocycles. The Bertz CT molecular complexity index is 1420. The molecule has 1 saturated heterocycles. The molecular weight excluding hydrogens is 562 g/mol. The number of ether oxygens (including phenoxy) is 1. The molecule has 3 aromatic rings. The number of pyridine rings is 1. The molecule has 1 aromatic carbocycles. The van der Waals surface area contributed by atoms with Crippen LogP contribution in [0.4, 0.5) is 11.5 Å². The predicted molar refractivity (Wildman–Crippen MR) is 159 cm³/mol. The molecular formula is C29H39N5O7S. The van der Waals surface area contributed by atoms with Gasteiger partial charge in [-0.25, -0.2) is 4.98 Å². The van der Waals surface area contributed by atoms with Crippen LogP contribution in [0.3, 0.4) is 0 Å². The number of carbonyl (C=O) groups is 2. The molecule has 13 heteroatoms. The number of anilines is 2. The molecule has 228 valence electrons. The molecule has 0 aliphatic carbocycles. The second-order valence-corrected chi connectivity index (χ2v) is 12.5. The highest BCUT2D eigenvalue weighted by molar-refractivity contribution is 7.85. The minimum atomic E-state index is -3.67. The zero-order valence-electron chi connectivity index (χ0n) is 24.6. The Morgan fingerprint density at radius 3 is 2.26 bits per heavy atom. The fraction of sp³-hybridized carbons (Fsp3) is 0.448. The van der Waals surface area contributed by atoms with E-state index in [9.17, 15) is 18.0 Å². The fourth-order valence-corrected chi connectivity index (χ4v) is 4.08. The normalized spacial score (nSPS) is 14.4. The van der Waals surface area contributed by atoms with Gasteiger partial charge in [-0.1, -0.05) is 45.0 Å². The lowest BCUT2D eigenvalue weighted by Gasteiger charge is -2.31. The lowest BCUT2D eigenvalue weighted by atomic mass is 9.93. The van der Waals surface area contributed by atoms with Gasteiger partial charge in [0.15, 0.2) is 5.82 Å². The molecule has 3 heterocycles. The monoisotopic (exact) mass is 601 g/mol. The van der Waals surface area contributed by atoms with Crippen molar-refractivity contribution in [3.05, 3.63) is 65.7 Å². The summed E-state index contributed by atoms with van der Waals surface area (Å²) >= 11 is 0. The van der Waals surface area contributed by atoms with Crippen LogP contribution in [0.2, 0.25) is 0 Å². The maximum absolute atomic E-state index is 12.6. The molecule has 0 unspecified atom stereocenters. The van der Waals surface area contributed by atoms with Crippen molar-refractivity contribution in [3.8, 4) is 5.75 Å². The van der Waals surface area contributed by atoms with Gasteiger partial charge in [0.1, 0.15) is 23.3 Å². The highest BCUT2D eigenvalue weighted by Crippen LogP contribution is 2.24. The van der Waals surface area contributed by atoms with Crippen LogP contribution in [-0.2, 0) is 26.7 Å². The van der Waals surface area contributed by atoms with Crippen molar-refractivity contribution in [2.24, 2.45) is 0 Å². The van der Waals surface area contributed by atoms with Crippen LogP contribution in [0.5, 0.6) is 5.75 Å². The van der Waals surface area contributed by atoms with Crippen LogP contribution < -0.4 is 15.4 Å². The van der Waals surface area contributed by atoms with Crippen LogP contribution >= 0.6 is 0 Å². The largest absolute Gasteiger partial charge is 0.489 e. The molecule has 1 aliphatic heterocycles. The fourth-order valence-electron chi connectivity index (χ4n) is 4.08. The third kappa shape index (κ3) is 11.2. The number of nitrogens with zero attached hydrogens (tertiary/aromatic N) is 3. The second-order valence-electron chi connectivity index (χ2n) is 11.1. The lowest BCUT2D eigenvalue weighted by molar-refractivity contribution is -0.115. The summed E-state index contributed by atoms with van der Waals surface area (Å²) < 4.78 is 37.2. The van der Waals surface area contributed by atoms with Crippen molar-refractivity contribution in [1.29, 1.82) is 0 Å². The van der Waals surface area contributed by atoms with Gasteiger partial charge in [-0.15, -0.1) is 0 Å². The summed E-state index contributed by atoms with van der Waals surface area (Å²) in [7, 11) is -3.67. The summed E-state index contributed by atoms with van der Waals surface area (Å²) in [5.74, 6) is 1.26. The van der Waals surface area contributed by atoms with Gasteiger partial charge in [-0.3, -0.25) is 14.1 Å². The Labute approximate surface area is 246 Å². The van der Waals surface area contributed by atoms with Crippen LogP contribution in [0.15, 0.2) is 53.2 Å². The molecule has 2 amide bonds. The van der Waals surface area contributed by atoms with Crippen molar-refractivity contribution in [2.75, 3.05) is 36.5 Å². The van der Waals surface area contributed by atoms with Crippen molar-refractivity contribution in [2.45, 2.75) is 58.5 Å². The van der Waals surface area contributed by atoms with E-state index in [2.05, 4.69) is 32.6 Å². The summed E-state index contributed by atoms with van der Waals surface area (Å²) in [4.78, 5) is 31.7. The molecule has 0 bridgehead atoms. The number of carbonyl (C=O) groups excluding carboxylic acids is 2. The van der Waals surface area contributed by atoms with E-state index >= 15 is 0 Å². The highest BCUT2D eigenvalue weighted by Gasteiger charge is 2.21. The molecule has 1 aliphatic rings. The second kappa shape index (κ2) is 14.4. The first-order chi connectivity index (χ1) is 19.7. The highest BCUT2D eigenvalue weighted by atomic mass is 32.2. The van der Waals surface area contributed by atoms with Crippen LogP contribution in [-0.4, -0.2) is 71.8 Å². The van der Waals surface area contributed by atoms with Gasteiger partial charge >= 0.3 is 0 Å². The summed E-state index contributed by atoms with van der Waals surface area (Å²) in [6, 6.07) is 12.3. The zero-order chi connectivity index (χ0) is 30.9. The van der Waals surface area contributed by atoms with Crippen molar-refractivity contribution >= 4 is 33.4 Å². The summed E-state index contributed by atoms with van der Waals surface area (Å²) in [5.41, 5.74) is 1.54. The van der Waals surface area contributed by atoms with Gasteiger partial charge in [-0.2, -0.15) is 8.42 Å². The smallest absolute Gasteiger partial charge is 0.274 e. The summed E-state index contributed by atoms with van der Waals surface area (Å²) in [6.07, 6.45) is 4.65. The number of amides is 2. The number of nitrogens with one attached hydrogen (secondary N) is 2. The number of aromatic nitrogens is 2. The van der Waals surface area contributed by atoms with Gasteiger partial charge in [0.25, 0.3) is 16.0 Å². The minimum absolute atomic E-state index is 0.173. The maximum Gasteiger partial charge on any atom is 0.274 e. The number of piperidine rings is 1. The Balaban J connectivity index is 0.000000892. The SMILES string of the molecule is CCN1CCC(Oc2ccc(C(=O)Nc3ccc(CC(=O)Nc4cc(C(C)(C)C)on4)cc3)nc2)CC1.CS(=O)(=O)O. The Morgan fingerprint density at radius 1 is 1.10 bits per heavy atom. The minimum Gasteiger partial charge on any atom is -0.489 e. The lowest BCUT2D eigenvalue weighted by Crippen LogP contribution is -2.38. The third-order valence-corrected chi connectivity index (χ3v) is 6.35.